The van der Waals surface area contributed by atoms with Gasteiger partial charge in [-0.1, -0.05) is 45.9 Å². The maximum atomic E-state index is 3.83. The highest BCUT2D eigenvalue weighted by atomic mass is 14.9. The zero-order valence-corrected chi connectivity index (χ0v) is 13.7. The van der Waals surface area contributed by atoms with Crippen LogP contribution in [-0.2, 0) is 12.8 Å². The molecular formula is C19H31N. The molecule has 2 unspecified atom stereocenters. The Labute approximate surface area is 125 Å². The van der Waals surface area contributed by atoms with Crippen molar-refractivity contribution in [2.24, 2.45) is 11.8 Å². The molecule has 0 aliphatic heterocycles. The van der Waals surface area contributed by atoms with Gasteiger partial charge in [0.05, 0.1) is 0 Å². The predicted octanol–water partition coefficient (Wildman–Crippen LogP) is 4.90. The van der Waals surface area contributed by atoms with Crippen molar-refractivity contribution in [3.8, 4) is 0 Å². The molecule has 0 spiro atoms. The zero-order valence-electron chi connectivity index (χ0n) is 13.7. The Kier molecular flexibility index (Phi) is 5.65. The summed E-state index contributed by atoms with van der Waals surface area (Å²) in [5.41, 5.74) is 4.58. The summed E-state index contributed by atoms with van der Waals surface area (Å²) in [6, 6.07) is 7.67. The second-order valence-corrected chi connectivity index (χ2v) is 6.37. The number of aryl methyl sites for hydroxylation is 2. The van der Waals surface area contributed by atoms with Crippen molar-refractivity contribution in [2.45, 2.75) is 65.8 Å². The van der Waals surface area contributed by atoms with E-state index in [1.54, 1.807) is 5.56 Å². The summed E-state index contributed by atoms with van der Waals surface area (Å²) >= 11 is 0. The third-order valence-electron chi connectivity index (χ3n) is 4.84. The second kappa shape index (κ2) is 7.26. The maximum absolute atomic E-state index is 3.83. The minimum absolute atomic E-state index is 0.545. The summed E-state index contributed by atoms with van der Waals surface area (Å²) in [5.74, 6) is 1.71. The second-order valence-electron chi connectivity index (χ2n) is 6.37. The summed E-state index contributed by atoms with van der Waals surface area (Å²) < 4.78 is 0. The lowest BCUT2D eigenvalue weighted by Gasteiger charge is -2.28. The molecule has 1 aromatic carbocycles. The van der Waals surface area contributed by atoms with Crippen LogP contribution in [0.25, 0.3) is 0 Å². The Morgan fingerprint density at radius 1 is 1.15 bits per heavy atom. The molecule has 0 bridgehead atoms. The van der Waals surface area contributed by atoms with Gasteiger partial charge in [0.15, 0.2) is 0 Å². The van der Waals surface area contributed by atoms with Gasteiger partial charge in [-0.05, 0) is 67.2 Å². The topological polar surface area (TPSA) is 12.0 Å². The van der Waals surface area contributed by atoms with Gasteiger partial charge in [0, 0.05) is 6.04 Å². The number of rotatable bonds is 8. The van der Waals surface area contributed by atoms with E-state index in [1.165, 1.54) is 30.4 Å². The lowest BCUT2D eigenvalue weighted by molar-refractivity contribution is 0.348. The van der Waals surface area contributed by atoms with Crippen molar-refractivity contribution in [1.29, 1.82) is 0 Å². The number of nitrogens with one attached hydrogen (secondary N) is 1. The normalized spacial score (nSPS) is 18.0. The van der Waals surface area contributed by atoms with Crippen molar-refractivity contribution in [2.75, 3.05) is 6.54 Å². The minimum Gasteiger partial charge on any atom is -0.310 e. The smallest absolute Gasteiger partial charge is 0.0351 e. The highest BCUT2D eigenvalue weighted by Gasteiger charge is 2.34. The fourth-order valence-electron chi connectivity index (χ4n) is 3.25. The fraction of sp³-hybridized carbons (Fsp3) is 0.684. The van der Waals surface area contributed by atoms with Crippen molar-refractivity contribution in [3.63, 3.8) is 0 Å². The lowest BCUT2D eigenvalue weighted by atomic mass is 9.86. The monoisotopic (exact) mass is 273 g/mol. The van der Waals surface area contributed by atoms with E-state index in [-0.39, 0.29) is 0 Å². The van der Waals surface area contributed by atoms with E-state index in [4.69, 9.17) is 0 Å². The molecule has 1 fully saturated rings. The van der Waals surface area contributed by atoms with Crippen molar-refractivity contribution >= 4 is 0 Å². The van der Waals surface area contributed by atoms with Gasteiger partial charge in [-0.3, -0.25) is 0 Å². The molecule has 1 aliphatic rings. The maximum Gasteiger partial charge on any atom is 0.0351 e. The van der Waals surface area contributed by atoms with Gasteiger partial charge >= 0.3 is 0 Å². The van der Waals surface area contributed by atoms with E-state index in [0.717, 1.165) is 31.2 Å². The number of hydrogen-bond acceptors (Lipinski definition) is 1. The molecule has 1 aliphatic carbocycles. The van der Waals surface area contributed by atoms with Gasteiger partial charge < -0.3 is 5.32 Å². The summed E-state index contributed by atoms with van der Waals surface area (Å²) in [6.07, 6.45) is 6.35. The van der Waals surface area contributed by atoms with E-state index >= 15 is 0 Å². The molecule has 112 valence electrons. The van der Waals surface area contributed by atoms with Crippen LogP contribution in [0.5, 0.6) is 0 Å². The van der Waals surface area contributed by atoms with Crippen LogP contribution in [0.1, 0.15) is 69.7 Å². The molecule has 2 rings (SSSR count). The van der Waals surface area contributed by atoms with Crippen LogP contribution in [0.15, 0.2) is 18.2 Å². The summed E-state index contributed by atoms with van der Waals surface area (Å²) in [4.78, 5) is 0. The van der Waals surface area contributed by atoms with Gasteiger partial charge in [-0.15, -0.1) is 0 Å². The van der Waals surface area contributed by atoms with Gasteiger partial charge in [0.2, 0.25) is 0 Å². The zero-order chi connectivity index (χ0) is 14.5. The molecule has 0 heterocycles. The fourth-order valence-corrected chi connectivity index (χ4v) is 3.25. The third-order valence-corrected chi connectivity index (χ3v) is 4.84. The lowest BCUT2D eigenvalue weighted by Crippen LogP contribution is -2.29. The minimum atomic E-state index is 0.545. The molecule has 0 aromatic heterocycles. The Balaban J connectivity index is 2.29. The van der Waals surface area contributed by atoms with Crippen molar-refractivity contribution < 1.29 is 0 Å². The first-order valence-electron chi connectivity index (χ1n) is 8.56. The standard InChI is InChI=1S/C19H31N/c1-5-12-20-19(14(4)17-10-11-17)18-13-15(6-2)8-9-16(18)7-3/h8-9,13-14,17,19-20H,5-7,10-12H2,1-4H3. The van der Waals surface area contributed by atoms with Crippen LogP contribution >= 0.6 is 0 Å². The largest absolute Gasteiger partial charge is 0.310 e. The first kappa shape index (κ1) is 15.6. The highest BCUT2D eigenvalue weighted by Crippen LogP contribution is 2.43. The summed E-state index contributed by atoms with van der Waals surface area (Å²) in [6.45, 7) is 10.4. The average molecular weight is 273 g/mol. The number of benzene rings is 1. The molecule has 1 N–H and O–H groups in total. The molecule has 0 saturated heterocycles. The van der Waals surface area contributed by atoms with E-state index in [1.807, 2.05) is 0 Å². The molecule has 20 heavy (non-hydrogen) atoms. The average Bonchev–Trinajstić information content (AvgIpc) is 3.31. The van der Waals surface area contributed by atoms with Crippen LogP contribution in [0.4, 0.5) is 0 Å². The first-order valence-corrected chi connectivity index (χ1v) is 8.56. The van der Waals surface area contributed by atoms with Crippen LogP contribution < -0.4 is 5.32 Å². The Hall–Kier alpha value is -0.820. The van der Waals surface area contributed by atoms with Gasteiger partial charge in [0.25, 0.3) is 0 Å². The van der Waals surface area contributed by atoms with E-state index in [9.17, 15) is 0 Å². The summed E-state index contributed by atoms with van der Waals surface area (Å²) in [5, 5.41) is 3.83. The molecular weight excluding hydrogens is 242 g/mol. The molecule has 0 radical (unpaired) electrons. The van der Waals surface area contributed by atoms with E-state index in [0.29, 0.717) is 6.04 Å². The molecule has 1 aromatic rings. The quantitative estimate of drug-likeness (QED) is 0.710. The molecule has 0 amide bonds. The molecule has 1 heteroatoms. The van der Waals surface area contributed by atoms with E-state index < -0.39 is 0 Å². The van der Waals surface area contributed by atoms with Gasteiger partial charge in [-0.2, -0.15) is 0 Å². The van der Waals surface area contributed by atoms with Gasteiger partial charge in [0.1, 0.15) is 0 Å². The molecule has 1 saturated carbocycles. The third kappa shape index (κ3) is 3.63. The summed E-state index contributed by atoms with van der Waals surface area (Å²) in [7, 11) is 0. The first-order chi connectivity index (χ1) is 9.71. The van der Waals surface area contributed by atoms with E-state index in [2.05, 4.69) is 51.2 Å². The van der Waals surface area contributed by atoms with Crippen molar-refractivity contribution in [1.82, 2.24) is 5.32 Å². The van der Waals surface area contributed by atoms with Crippen molar-refractivity contribution in [3.05, 3.63) is 34.9 Å². The predicted molar refractivity (Wildman–Crippen MR) is 88.1 cm³/mol. The SMILES string of the molecule is CCCNC(c1cc(CC)ccc1CC)C(C)C1CC1. The van der Waals surface area contributed by atoms with Crippen LogP contribution in [0.3, 0.4) is 0 Å². The molecule has 1 nitrogen and oxygen atoms in total. The van der Waals surface area contributed by atoms with Crippen LogP contribution in [0.2, 0.25) is 0 Å². The Morgan fingerprint density at radius 2 is 1.90 bits per heavy atom. The van der Waals surface area contributed by atoms with Crippen LogP contribution in [0, 0.1) is 11.8 Å². The molecule has 2 atom stereocenters. The Bertz CT molecular complexity index is 420. The van der Waals surface area contributed by atoms with Crippen LogP contribution in [-0.4, -0.2) is 6.54 Å². The Morgan fingerprint density at radius 3 is 2.45 bits per heavy atom. The highest BCUT2D eigenvalue weighted by molar-refractivity contribution is 5.35. The van der Waals surface area contributed by atoms with Gasteiger partial charge in [-0.25, -0.2) is 0 Å². The number of hydrogen-bond donors (Lipinski definition) is 1.